The first kappa shape index (κ1) is 27.0. The molecule has 9 nitrogen and oxygen atoms in total. The van der Waals surface area contributed by atoms with Crippen LogP contribution in [-0.2, 0) is 26.2 Å². The fourth-order valence-corrected chi connectivity index (χ4v) is 5.74. The molecule has 3 aromatic carbocycles. The van der Waals surface area contributed by atoms with E-state index in [1.807, 2.05) is 60.8 Å². The van der Waals surface area contributed by atoms with Gasteiger partial charge in [0, 0.05) is 25.8 Å². The van der Waals surface area contributed by atoms with E-state index in [1.54, 1.807) is 0 Å². The molecule has 0 unspecified atom stereocenters. The molecule has 4 heterocycles. The Bertz CT molecular complexity index is 1790. The van der Waals surface area contributed by atoms with E-state index in [4.69, 9.17) is 15.0 Å². The molecule has 43 heavy (non-hydrogen) atoms. The summed E-state index contributed by atoms with van der Waals surface area (Å²) in [4.78, 5) is 34.6. The predicted octanol–water partition coefficient (Wildman–Crippen LogP) is 6.11. The van der Waals surface area contributed by atoms with Gasteiger partial charge in [-0.1, -0.05) is 36.4 Å². The van der Waals surface area contributed by atoms with E-state index < -0.39 is 0 Å². The van der Waals surface area contributed by atoms with Crippen LogP contribution in [0, 0.1) is 6.92 Å². The Morgan fingerprint density at radius 2 is 1.00 bits per heavy atom. The van der Waals surface area contributed by atoms with E-state index in [2.05, 4.69) is 67.0 Å². The third-order valence-corrected chi connectivity index (χ3v) is 7.74. The highest BCUT2D eigenvalue weighted by atomic mass is 15.2. The maximum absolute atomic E-state index is 4.86. The number of pyridine rings is 1. The number of benzene rings is 3. The first-order valence-electron chi connectivity index (χ1n) is 14.8. The number of rotatable bonds is 12. The summed E-state index contributed by atoms with van der Waals surface area (Å²) in [6, 6.07) is 28.8. The third-order valence-electron chi connectivity index (χ3n) is 7.74. The summed E-state index contributed by atoms with van der Waals surface area (Å²) in [6.07, 6.45) is 2.86. The van der Waals surface area contributed by atoms with Gasteiger partial charge < -0.3 is 15.0 Å². The smallest absolute Gasteiger partial charge is 0.121 e. The van der Waals surface area contributed by atoms with Crippen molar-refractivity contribution < 1.29 is 0 Å². The Hall–Kier alpha value is -4.86. The Labute approximate surface area is 250 Å². The second-order valence-corrected chi connectivity index (χ2v) is 11.2. The zero-order chi connectivity index (χ0) is 29.0. The monoisotopic (exact) mass is 569 g/mol. The van der Waals surface area contributed by atoms with E-state index in [1.165, 1.54) is 5.56 Å². The van der Waals surface area contributed by atoms with Crippen LogP contribution in [-0.4, -0.2) is 57.8 Å². The molecule has 0 spiro atoms. The van der Waals surface area contributed by atoms with E-state index in [0.29, 0.717) is 13.1 Å². The van der Waals surface area contributed by atoms with Crippen molar-refractivity contribution in [1.29, 1.82) is 0 Å². The van der Waals surface area contributed by atoms with Crippen molar-refractivity contribution in [3.8, 4) is 0 Å². The van der Waals surface area contributed by atoms with Crippen LogP contribution < -0.4 is 0 Å². The molecule has 0 bridgehead atoms. The van der Waals surface area contributed by atoms with Crippen molar-refractivity contribution in [2.24, 2.45) is 0 Å². The minimum Gasteiger partial charge on any atom is -0.341 e. The molecule has 0 fully saturated rings. The van der Waals surface area contributed by atoms with Crippen molar-refractivity contribution in [3.05, 3.63) is 120 Å². The van der Waals surface area contributed by atoms with Crippen molar-refractivity contribution >= 4 is 33.1 Å². The molecule has 0 aliphatic carbocycles. The number of imidazole rings is 3. The standard InChI is InChI=1S/C34H35N9/c1-24-15-16-35-25(19-24)20-42(21-32-36-26-9-2-3-10-27(26)37-32)17-8-18-43(22-33-38-28-11-4-5-12-29(28)39-33)23-34-40-30-13-6-7-14-31(30)41-34/h2-7,9-16,19H,8,17-18,20-23H2,1H3,(H,36,37)(H,38,39)(H,40,41). The summed E-state index contributed by atoms with van der Waals surface area (Å²) < 4.78 is 0. The average molecular weight is 570 g/mol. The second kappa shape index (κ2) is 12.2. The molecular weight excluding hydrogens is 534 g/mol. The summed E-state index contributed by atoms with van der Waals surface area (Å²) in [5, 5.41) is 0. The van der Waals surface area contributed by atoms with Gasteiger partial charge in [-0.15, -0.1) is 0 Å². The summed E-state index contributed by atoms with van der Waals surface area (Å²) in [5.41, 5.74) is 8.44. The number of hydrogen-bond donors (Lipinski definition) is 3. The Balaban J connectivity index is 1.09. The van der Waals surface area contributed by atoms with Gasteiger partial charge in [-0.05, 0) is 67.4 Å². The molecule has 0 saturated heterocycles. The normalized spacial score (nSPS) is 12.0. The maximum Gasteiger partial charge on any atom is 0.121 e. The number of H-pyrrole nitrogens is 3. The van der Waals surface area contributed by atoms with Crippen LogP contribution in [0.3, 0.4) is 0 Å². The molecule has 3 N–H and O–H groups in total. The van der Waals surface area contributed by atoms with E-state index in [-0.39, 0.29) is 0 Å². The molecule has 7 aromatic rings. The van der Waals surface area contributed by atoms with Crippen LogP contribution in [0.1, 0.15) is 35.2 Å². The number of nitrogens with one attached hydrogen (secondary N) is 3. The minimum absolute atomic E-state index is 0.703. The molecule has 0 aliphatic rings. The van der Waals surface area contributed by atoms with E-state index in [0.717, 1.165) is 88.9 Å². The molecule has 9 heteroatoms. The van der Waals surface area contributed by atoms with Crippen LogP contribution in [0.25, 0.3) is 33.1 Å². The van der Waals surface area contributed by atoms with Gasteiger partial charge in [0.2, 0.25) is 0 Å². The lowest BCUT2D eigenvalue weighted by Crippen LogP contribution is -2.30. The van der Waals surface area contributed by atoms with Crippen molar-refractivity contribution in [3.63, 3.8) is 0 Å². The molecule has 0 saturated carbocycles. The molecule has 0 amide bonds. The Morgan fingerprint density at radius 3 is 1.44 bits per heavy atom. The SMILES string of the molecule is Cc1ccnc(CN(CCCN(Cc2nc3ccccc3[nH]2)Cc2nc3ccccc3[nH]2)Cc2nc3ccccc3[nH]2)c1. The number of aromatic nitrogens is 7. The van der Waals surface area contributed by atoms with Gasteiger partial charge in [-0.25, -0.2) is 15.0 Å². The van der Waals surface area contributed by atoms with E-state index >= 15 is 0 Å². The van der Waals surface area contributed by atoms with Gasteiger partial charge in [0.1, 0.15) is 17.5 Å². The lowest BCUT2D eigenvalue weighted by atomic mass is 10.2. The molecule has 4 aromatic heterocycles. The highest BCUT2D eigenvalue weighted by molar-refractivity contribution is 5.76. The summed E-state index contributed by atoms with van der Waals surface area (Å²) in [7, 11) is 0. The zero-order valence-electron chi connectivity index (χ0n) is 24.3. The third kappa shape index (κ3) is 6.48. The highest BCUT2D eigenvalue weighted by Crippen LogP contribution is 2.17. The van der Waals surface area contributed by atoms with Crippen LogP contribution in [0.5, 0.6) is 0 Å². The number of fused-ring (bicyclic) bond motifs is 3. The number of para-hydroxylation sites is 6. The summed E-state index contributed by atoms with van der Waals surface area (Å²) >= 11 is 0. The van der Waals surface area contributed by atoms with Gasteiger partial charge in [0.25, 0.3) is 0 Å². The van der Waals surface area contributed by atoms with Gasteiger partial charge >= 0.3 is 0 Å². The quantitative estimate of drug-likeness (QED) is 0.164. The first-order chi connectivity index (χ1) is 21.1. The predicted molar refractivity (Wildman–Crippen MR) is 170 cm³/mol. The first-order valence-corrected chi connectivity index (χ1v) is 14.8. The molecule has 0 atom stereocenters. The van der Waals surface area contributed by atoms with Crippen LogP contribution >= 0.6 is 0 Å². The highest BCUT2D eigenvalue weighted by Gasteiger charge is 2.16. The number of aromatic amines is 3. The van der Waals surface area contributed by atoms with Crippen molar-refractivity contribution in [1.82, 2.24) is 44.7 Å². The van der Waals surface area contributed by atoms with Crippen molar-refractivity contribution in [2.75, 3.05) is 13.1 Å². The number of aryl methyl sites for hydroxylation is 1. The molecular formula is C34H35N9. The van der Waals surface area contributed by atoms with Gasteiger partial charge in [0.15, 0.2) is 0 Å². The van der Waals surface area contributed by atoms with Gasteiger partial charge in [-0.2, -0.15) is 0 Å². The average Bonchev–Trinajstić information content (AvgIpc) is 3.72. The number of hydrogen-bond acceptors (Lipinski definition) is 6. The topological polar surface area (TPSA) is 105 Å². The summed E-state index contributed by atoms with van der Waals surface area (Å²) in [5.74, 6) is 2.89. The fourth-order valence-electron chi connectivity index (χ4n) is 5.74. The number of nitrogens with zero attached hydrogens (tertiary/aromatic N) is 6. The lowest BCUT2D eigenvalue weighted by Gasteiger charge is -2.24. The molecule has 7 rings (SSSR count). The van der Waals surface area contributed by atoms with E-state index in [9.17, 15) is 0 Å². The van der Waals surface area contributed by atoms with Crippen LogP contribution in [0.4, 0.5) is 0 Å². The zero-order valence-corrected chi connectivity index (χ0v) is 24.3. The molecule has 0 radical (unpaired) electrons. The molecule has 216 valence electrons. The van der Waals surface area contributed by atoms with Gasteiger partial charge in [-0.3, -0.25) is 14.8 Å². The Morgan fingerprint density at radius 1 is 0.558 bits per heavy atom. The maximum atomic E-state index is 4.86. The Kier molecular flexibility index (Phi) is 7.64. The van der Waals surface area contributed by atoms with Gasteiger partial charge in [0.05, 0.1) is 58.4 Å². The fraction of sp³-hybridized carbons (Fsp3) is 0.235. The minimum atomic E-state index is 0.703. The largest absolute Gasteiger partial charge is 0.341 e. The summed E-state index contributed by atoms with van der Waals surface area (Å²) in [6.45, 7) is 6.77. The van der Waals surface area contributed by atoms with Crippen molar-refractivity contribution in [2.45, 2.75) is 39.5 Å². The van der Waals surface area contributed by atoms with Crippen LogP contribution in [0.2, 0.25) is 0 Å². The van der Waals surface area contributed by atoms with Crippen LogP contribution in [0.15, 0.2) is 91.1 Å². The molecule has 0 aliphatic heterocycles. The second-order valence-electron chi connectivity index (χ2n) is 11.2. The lowest BCUT2D eigenvalue weighted by molar-refractivity contribution is 0.199.